The van der Waals surface area contributed by atoms with Crippen LogP contribution in [0.3, 0.4) is 0 Å². The van der Waals surface area contributed by atoms with Gasteiger partial charge in [0.25, 0.3) is 0 Å². The normalized spacial score (nSPS) is 20.6. The summed E-state index contributed by atoms with van der Waals surface area (Å²) in [5.74, 6) is 0.715. The van der Waals surface area contributed by atoms with Gasteiger partial charge in [0, 0.05) is 18.7 Å². The fourth-order valence-electron chi connectivity index (χ4n) is 2.51. The van der Waals surface area contributed by atoms with Crippen LogP contribution in [-0.4, -0.2) is 31.0 Å². The molecule has 0 aromatic heterocycles. The molecule has 1 heterocycles. The van der Waals surface area contributed by atoms with Crippen molar-refractivity contribution >= 4 is 5.91 Å². The molecule has 1 aliphatic rings. The summed E-state index contributed by atoms with van der Waals surface area (Å²) in [6.45, 7) is 2.59. The number of rotatable bonds is 4. The minimum absolute atomic E-state index is 0.00606. The van der Waals surface area contributed by atoms with Gasteiger partial charge in [-0.3, -0.25) is 9.69 Å². The minimum Gasteiger partial charge on any atom is -0.496 e. The zero-order chi connectivity index (χ0) is 13.0. The van der Waals surface area contributed by atoms with Gasteiger partial charge in [0.15, 0.2) is 0 Å². The minimum atomic E-state index is -0.181. The van der Waals surface area contributed by atoms with E-state index in [9.17, 15) is 4.79 Å². The smallest absolute Gasteiger partial charge is 0.221 e. The molecule has 0 aliphatic carbocycles. The molecule has 2 rings (SSSR count). The third-order valence-electron chi connectivity index (χ3n) is 3.49. The molecule has 98 valence electrons. The molecule has 1 unspecified atom stereocenters. The second-order valence-electron chi connectivity index (χ2n) is 4.79. The van der Waals surface area contributed by atoms with Crippen LogP contribution in [0.1, 0.15) is 18.4 Å². The van der Waals surface area contributed by atoms with E-state index < -0.39 is 0 Å². The molecule has 0 radical (unpaired) electrons. The number of nitrogens with zero attached hydrogens (tertiary/aromatic N) is 1. The van der Waals surface area contributed by atoms with Gasteiger partial charge in [-0.2, -0.15) is 0 Å². The molecule has 1 aliphatic heterocycles. The van der Waals surface area contributed by atoms with Crippen LogP contribution in [0.4, 0.5) is 0 Å². The molecule has 18 heavy (non-hydrogen) atoms. The fraction of sp³-hybridized carbons (Fsp3) is 0.500. The fourth-order valence-corrected chi connectivity index (χ4v) is 2.51. The van der Waals surface area contributed by atoms with E-state index in [4.69, 9.17) is 10.5 Å². The maximum absolute atomic E-state index is 11.2. The number of piperidine rings is 1. The summed E-state index contributed by atoms with van der Waals surface area (Å²) in [5, 5.41) is 0. The second kappa shape index (κ2) is 5.87. The Labute approximate surface area is 108 Å². The summed E-state index contributed by atoms with van der Waals surface area (Å²) in [4.78, 5) is 13.5. The number of likely N-dealkylation sites (tertiary alicyclic amines) is 1. The van der Waals surface area contributed by atoms with E-state index in [2.05, 4.69) is 11.0 Å². The summed E-state index contributed by atoms with van der Waals surface area (Å²) in [6, 6.07) is 8.00. The zero-order valence-corrected chi connectivity index (χ0v) is 10.8. The van der Waals surface area contributed by atoms with Crippen molar-refractivity contribution in [3.8, 4) is 5.75 Å². The topological polar surface area (TPSA) is 55.6 Å². The summed E-state index contributed by atoms with van der Waals surface area (Å²) in [7, 11) is 1.68. The van der Waals surface area contributed by atoms with Gasteiger partial charge in [0.1, 0.15) is 5.75 Å². The Morgan fingerprint density at radius 1 is 1.50 bits per heavy atom. The van der Waals surface area contributed by atoms with Gasteiger partial charge in [0.2, 0.25) is 5.91 Å². The predicted octanol–water partition coefficient (Wildman–Crippen LogP) is 1.39. The number of para-hydroxylation sites is 1. The number of hydrogen-bond donors (Lipinski definition) is 1. The Hall–Kier alpha value is -1.55. The molecular formula is C14H20N2O2. The number of primary amides is 1. The van der Waals surface area contributed by atoms with Crippen molar-refractivity contribution < 1.29 is 9.53 Å². The van der Waals surface area contributed by atoms with Crippen molar-refractivity contribution in [1.82, 2.24) is 4.90 Å². The highest BCUT2D eigenvalue weighted by atomic mass is 16.5. The molecular weight excluding hydrogens is 228 g/mol. The quantitative estimate of drug-likeness (QED) is 0.876. The van der Waals surface area contributed by atoms with Crippen molar-refractivity contribution in [1.29, 1.82) is 0 Å². The maximum Gasteiger partial charge on any atom is 0.221 e. The van der Waals surface area contributed by atoms with Crippen LogP contribution in [0.2, 0.25) is 0 Å². The van der Waals surface area contributed by atoms with Gasteiger partial charge in [-0.15, -0.1) is 0 Å². The number of amides is 1. The van der Waals surface area contributed by atoms with Gasteiger partial charge < -0.3 is 10.5 Å². The highest BCUT2D eigenvalue weighted by molar-refractivity contribution is 5.76. The molecule has 2 N–H and O–H groups in total. The highest BCUT2D eigenvalue weighted by Gasteiger charge is 2.24. The standard InChI is InChI=1S/C14H20N2O2/c1-18-13-7-3-2-5-11(13)9-16-8-4-6-12(10-16)14(15)17/h2-3,5,7,12H,4,6,8-10H2,1H3,(H2,15,17). The van der Waals surface area contributed by atoms with E-state index in [1.807, 2.05) is 18.2 Å². The first kappa shape index (κ1) is 12.9. The summed E-state index contributed by atoms with van der Waals surface area (Å²) < 4.78 is 5.34. The SMILES string of the molecule is COc1ccccc1CN1CCCC(C(N)=O)C1. The Kier molecular flexibility index (Phi) is 4.20. The second-order valence-corrected chi connectivity index (χ2v) is 4.79. The molecule has 0 spiro atoms. The van der Waals surface area contributed by atoms with Crippen molar-refractivity contribution in [2.75, 3.05) is 20.2 Å². The molecule has 4 nitrogen and oxygen atoms in total. The van der Waals surface area contributed by atoms with Crippen molar-refractivity contribution in [3.63, 3.8) is 0 Å². The number of nitrogens with two attached hydrogens (primary N) is 1. The first-order chi connectivity index (χ1) is 8.70. The van der Waals surface area contributed by atoms with E-state index in [1.165, 1.54) is 0 Å². The molecule has 1 fully saturated rings. The van der Waals surface area contributed by atoms with Gasteiger partial charge in [-0.05, 0) is 25.5 Å². The number of carbonyl (C=O) groups is 1. The van der Waals surface area contributed by atoms with Crippen molar-refractivity contribution in [3.05, 3.63) is 29.8 Å². The van der Waals surface area contributed by atoms with E-state index in [-0.39, 0.29) is 11.8 Å². The average Bonchev–Trinajstić information content (AvgIpc) is 2.39. The average molecular weight is 248 g/mol. The van der Waals surface area contributed by atoms with E-state index in [0.29, 0.717) is 0 Å². The predicted molar refractivity (Wildman–Crippen MR) is 70.2 cm³/mol. The molecule has 1 atom stereocenters. The third kappa shape index (κ3) is 3.01. The molecule has 4 heteroatoms. The molecule has 1 saturated heterocycles. The van der Waals surface area contributed by atoms with Gasteiger partial charge in [0.05, 0.1) is 13.0 Å². The van der Waals surface area contributed by atoms with Crippen molar-refractivity contribution in [2.45, 2.75) is 19.4 Å². The van der Waals surface area contributed by atoms with Crippen molar-refractivity contribution in [2.24, 2.45) is 11.7 Å². The number of hydrogen-bond acceptors (Lipinski definition) is 3. The van der Waals surface area contributed by atoms with Gasteiger partial charge in [-0.25, -0.2) is 0 Å². The first-order valence-electron chi connectivity index (χ1n) is 6.34. The van der Waals surface area contributed by atoms with Crippen LogP contribution in [-0.2, 0) is 11.3 Å². The Bertz CT molecular complexity index is 420. The summed E-state index contributed by atoms with van der Waals surface area (Å²) in [6.07, 6.45) is 1.94. The molecule has 1 aromatic rings. The maximum atomic E-state index is 11.2. The van der Waals surface area contributed by atoms with Crippen LogP contribution in [0.25, 0.3) is 0 Å². The molecule has 1 amide bonds. The number of ether oxygens (including phenoxy) is 1. The lowest BCUT2D eigenvalue weighted by Crippen LogP contribution is -2.40. The summed E-state index contributed by atoms with van der Waals surface area (Å²) >= 11 is 0. The first-order valence-corrected chi connectivity index (χ1v) is 6.34. The van der Waals surface area contributed by atoms with E-state index in [0.717, 1.165) is 43.8 Å². The number of methoxy groups -OCH3 is 1. The van der Waals surface area contributed by atoms with Crippen LogP contribution >= 0.6 is 0 Å². The largest absolute Gasteiger partial charge is 0.496 e. The highest BCUT2D eigenvalue weighted by Crippen LogP contribution is 2.23. The lowest BCUT2D eigenvalue weighted by molar-refractivity contribution is -0.123. The van der Waals surface area contributed by atoms with Crippen LogP contribution < -0.4 is 10.5 Å². The van der Waals surface area contributed by atoms with Gasteiger partial charge >= 0.3 is 0 Å². The lowest BCUT2D eigenvalue weighted by Gasteiger charge is -2.31. The van der Waals surface area contributed by atoms with Crippen LogP contribution in [0, 0.1) is 5.92 Å². The molecule has 0 bridgehead atoms. The molecule has 1 aromatic carbocycles. The van der Waals surface area contributed by atoms with E-state index >= 15 is 0 Å². The van der Waals surface area contributed by atoms with E-state index in [1.54, 1.807) is 7.11 Å². The zero-order valence-electron chi connectivity index (χ0n) is 10.8. The number of benzene rings is 1. The summed E-state index contributed by atoms with van der Waals surface area (Å²) in [5.41, 5.74) is 6.55. The third-order valence-corrected chi connectivity index (χ3v) is 3.49. The van der Waals surface area contributed by atoms with Crippen LogP contribution in [0.5, 0.6) is 5.75 Å². The Morgan fingerprint density at radius 3 is 3.00 bits per heavy atom. The monoisotopic (exact) mass is 248 g/mol. The molecule has 0 saturated carbocycles. The lowest BCUT2D eigenvalue weighted by atomic mass is 9.97. The van der Waals surface area contributed by atoms with Gasteiger partial charge in [-0.1, -0.05) is 18.2 Å². The number of carbonyl (C=O) groups excluding carboxylic acids is 1. The van der Waals surface area contributed by atoms with Crippen LogP contribution in [0.15, 0.2) is 24.3 Å². The Balaban J connectivity index is 2.02. The Morgan fingerprint density at radius 2 is 2.28 bits per heavy atom.